The van der Waals surface area contributed by atoms with Crippen LogP contribution in [0.25, 0.3) is 12.2 Å². The van der Waals surface area contributed by atoms with Gasteiger partial charge in [0.2, 0.25) is 6.29 Å². The maximum atomic E-state index is 10.0. The molecule has 0 bridgehead atoms. The Balaban J connectivity index is 1.79. The summed E-state index contributed by atoms with van der Waals surface area (Å²) in [6.45, 7) is -0.586. The van der Waals surface area contributed by atoms with Crippen molar-refractivity contribution >= 4 is 12.2 Å². The van der Waals surface area contributed by atoms with E-state index in [2.05, 4.69) is 4.89 Å². The standard InChI is InChI=1S/C20H22O9/c21-10-16-17(24)18(25)19(29-26)20(28-16)27-15-8-12(7-14(23)9-15)2-1-11-3-5-13(22)6-4-11/h1-9,16-26H,10H2/b2-1+/t16-,17-,18+,19-,20-/m1/s1. The summed E-state index contributed by atoms with van der Waals surface area (Å²) in [6.07, 6.45) is -3.52. The number of phenols is 2. The van der Waals surface area contributed by atoms with Crippen LogP contribution in [0, 0.1) is 0 Å². The van der Waals surface area contributed by atoms with E-state index in [0.717, 1.165) is 5.56 Å². The number of hydrogen-bond acceptors (Lipinski definition) is 9. The van der Waals surface area contributed by atoms with Crippen LogP contribution in [0.2, 0.25) is 0 Å². The summed E-state index contributed by atoms with van der Waals surface area (Å²) >= 11 is 0. The second-order valence-corrected chi connectivity index (χ2v) is 6.58. The van der Waals surface area contributed by atoms with Crippen molar-refractivity contribution in [3.63, 3.8) is 0 Å². The maximum Gasteiger partial charge on any atom is 0.232 e. The molecule has 3 rings (SSSR count). The summed E-state index contributed by atoms with van der Waals surface area (Å²) in [6, 6.07) is 10.9. The third kappa shape index (κ3) is 5.04. The van der Waals surface area contributed by atoms with E-state index in [1.807, 2.05) is 0 Å². The van der Waals surface area contributed by atoms with Crippen LogP contribution in [0.5, 0.6) is 17.2 Å². The van der Waals surface area contributed by atoms with Gasteiger partial charge in [-0.2, -0.15) is 0 Å². The van der Waals surface area contributed by atoms with Gasteiger partial charge in [-0.1, -0.05) is 24.3 Å². The predicted molar refractivity (Wildman–Crippen MR) is 101 cm³/mol. The van der Waals surface area contributed by atoms with Gasteiger partial charge in [0.1, 0.15) is 35.6 Å². The van der Waals surface area contributed by atoms with E-state index >= 15 is 0 Å². The minimum absolute atomic E-state index is 0.107. The molecule has 1 fully saturated rings. The first-order valence-corrected chi connectivity index (χ1v) is 8.82. The van der Waals surface area contributed by atoms with E-state index in [-0.39, 0.29) is 17.2 Å². The summed E-state index contributed by atoms with van der Waals surface area (Å²) in [4.78, 5) is 4.19. The van der Waals surface area contributed by atoms with Gasteiger partial charge in [-0.05, 0) is 35.4 Å². The molecule has 1 saturated heterocycles. The SMILES string of the molecule is OC[C@H]1O[C@@H](Oc2cc(O)cc(/C=C/c3ccc(O)cc3)c2)[C@H](OO)[C@@H](O)[C@@H]1O. The Morgan fingerprint density at radius 1 is 0.897 bits per heavy atom. The zero-order chi connectivity index (χ0) is 21.0. The van der Waals surface area contributed by atoms with Crippen molar-refractivity contribution in [1.82, 2.24) is 0 Å². The first-order valence-electron chi connectivity index (χ1n) is 8.82. The molecule has 0 radical (unpaired) electrons. The third-order valence-corrected chi connectivity index (χ3v) is 4.47. The van der Waals surface area contributed by atoms with Crippen molar-refractivity contribution in [2.24, 2.45) is 0 Å². The number of rotatable bonds is 6. The zero-order valence-corrected chi connectivity index (χ0v) is 15.2. The molecule has 5 atom stereocenters. The molecule has 0 amide bonds. The monoisotopic (exact) mass is 406 g/mol. The van der Waals surface area contributed by atoms with Gasteiger partial charge in [0.15, 0.2) is 6.10 Å². The lowest BCUT2D eigenvalue weighted by atomic mass is 9.99. The quantitative estimate of drug-likeness (QED) is 0.234. The van der Waals surface area contributed by atoms with Crippen LogP contribution >= 0.6 is 0 Å². The predicted octanol–water partition coefficient (Wildman–Crippen LogP) is 0.944. The molecule has 0 aromatic heterocycles. The molecule has 0 unspecified atom stereocenters. The molecule has 29 heavy (non-hydrogen) atoms. The summed E-state index contributed by atoms with van der Waals surface area (Å²) in [5.41, 5.74) is 1.39. The van der Waals surface area contributed by atoms with Gasteiger partial charge in [0.05, 0.1) is 6.61 Å². The van der Waals surface area contributed by atoms with Crippen molar-refractivity contribution < 1.29 is 45.2 Å². The minimum atomic E-state index is -1.57. The summed E-state index contributed by atoms with van der Waals surface area (Å²) in [5.74, 6) is 0.184. The van der Waals surface area contributed by atoms with Crippen molar-refractivity contribution in [3.05, 3.63) is 53.6 Å². The Morgan fingerprint density at radius 3 is 2.24 bits per heavy atom. The van der Waals surface area contributed by atoms with Gasteiger partial charge in [-0.25, -0.2) is 4.89 Å². The first kappa shape index (κ1) is 21.1. The maximum absolute atomic E-state index is 10.0. The van der Waals surface area contributed by atoms with Gasteiger partial charge in [-0.3, -0.25) is 5.26 Å². The number of aliphatic hydroxyl groups excluding tert-OH is 3. The smallest absolute Gasteiger partial charge is 0.232 e. The van der Waals surface area contributed by atoms with Gasteiger partial charge in [-0.15, -0.1) is 0 Å². The molecule has 2 aromatic carbocycles. The van der Waals surface area contributed by atoms with Crippen molar-refractivity contribution in [2.75, 3.05) is 6.61 Å². The summed E-state index contributed by atoms with van der Waals surface area (Å²) < 4.78 is 10.9. The normalized spacial score (nSPS) is 27.2. The van der Waals surface area contributed by atoms with Gasteiger partial charge >= 0.3 is 0 Å². The molecule has 0 aliphatic carbocycles. The number of hydrogen-bond donors (Lipinski definition) is 6. The molecule has 9 heteroatoms. The van der Waals surface area contributed by atoms with E-state index in [9.17, 15) is 25.5 Å². The lowest BCUT2D eigenvalue weighted by molar-refractivity contribution is -0.376. The van der Waals surface area contributed by atoms with Gasteiger partial charge < -0.3 is 35.0 Å². The highest BCUT2D eigenvalue weighted by Gasteiger charge is 2.47. The van der Waals surface area contributed by atoms with E-state index < -0.39 is 37.3 Å². The van der Waals surface area contributed by atoms with Crippen LogP contribution in [-0.4, -0.2) is 68.1 Å². The van der Waals surface area contributed by atoms with Crippen LogP contribution in [0.4, 0.5) is 0 Å². The van der Waals surface area contributed by atoms with Crippen LogP contribution in [0.1, 0.15) is 11.1 Å². The molecule has 0 saturated carbocycles. The Labute approximate surface area is 166 Å². The fourth-order valence-electron chi connectivity index (χ4n) is 2.95. The molecule has 1 heterocycles. The third-order valence-electron chi connectivity index (χ3n) is 4.47. The van der Waals surface area contributed by atoms with Crippen LogP contribution < -0.4 is 4.74 Å². The molecular weight excluding hydrogens is 384 g/mol. The summed E-state index contributed by atoms with van der Waals surface area (Å²) in [5, 5.41) is 57.5. The largest absolute Gasteiger partial charge is 0.508 e. The lowest BCUT2D eigenvalue weighted by Gasteiger charge is -2.40. The molecule has 1 aliphatic heterocycles. The highest BCUT2D eigenvalue weighted by Crippen LogP contribution is 2.29. The molecular formula is C20H22O9. The van der Waals surface area contributed by atoms with Crippen LogP contribution in [-0.2, 0) is 9.62 Å². The van der Waals surface area contributed by atoms with Gasteiger partial charge in [0.25, 0.3) is 0 Å². The second-order valence-electron chi connectivity index (χ2n) is 6.58. The Morgan fingerprint density at radius 2 is 1.59 bits per heavy atom. The van der Waals surface area contributed by atoms with Crippen LogP contribution in [0.3, 0.4) is 0 Å². The molecule has 9 nitrogen and oxygen atoms in total. The van der Waals surface area contributed by atoms with Crippen molar-refractivity contribution in [2.45, 2.75) is 30.7 Å². The zero-order valence-electron chi connectivity index (χ0n) is 15.2. The Hall–Kier alpha value is -2.66. The number of benzene rings is 2. The van der Waals surface area contributed by atoms with Crippen molar-refractivity contribution in [3.8, 4) is 17.2 Å². The molecule has 0 spiro atoms. The molecule has 156 valence electrons. The number of phenolic OH excluding ortho intramolecular Hbond substituents is 2. The van der Waals surface area contributed by atoms with E-state index in [1.54, 1.807) is 42.5 Å². The number of aromatic hydroxyl groups is 2. The number of aliphatic hydroxyl groups is 3. The van der Waals surface area contributed by atoms with E-state index in [0.29, 0.717) is 5.56 Å². The average molecular weight is 406 g/mol. The van der Waals surface area contributed by atoms with E-state index in [4.69, 9.17) is 14.7 Å². The van der Waals surface area contributed by atoms with Gasteiger partial charge in [0, 0.05) is 6.07 Å². The highest BCUT2D eigenvalue weighted by atomic mass is 17.1. The van der Waals surface area contributed by atoms with E-state index in [1.165, 1.54) is 12.1 Å². The second kappa shape index (κ2) is 9.23. The topological polar surface area (TPSA) is 149 Å². The lowest BCUT2D eigenvalue weighted by Crippen LogP contribution is -2.60. The minimum Gasteiger partial charge on any atom is -0.508 e. The van der Waals surface area contributed by atoms with Crippen LogP contribution in [0.15, 0.2) is 42.5 Å². The fourth-order valence-corrected chi connectivity index (χ4v) is 2.95. The average Bonchev–Trinajstić information content (AvgIpc) is 2.70. The highest BCUT2D eigenvalue weighted by molar-refractivity contribution is 5.71. The Bertz CT molecular complexity index is 836. The van der Waals surface area contributed by atoms with Crippen molar-refractivity contribution in [1.29, 1.82) is 0 Å². The first-order chi connectivity index (χ1) is 13.9. The molecule has 6 N–H and O–H groups in total. The fraction of sp³-hybridized carbons (Fsp3) is 0.300. The number of ether oxygens (including phenoxy) is 2. The molecule has 2 aromatic rings. The summed E-state index contributed by atoms with van der Waals surface area (Å²) in [7, 11) is 0. The molecule has 1 aliphatic rings. The Kier molecular flexibility index (Phi) is 6.70.